The number of rotatable bonds is 9. The second kappa shape index (κ2) is 10.5. The molecule has 0 spiro atoms. The van der Waals surface area contributed by atoms with Gasteiger partial charge in [-0.25, -0.2) is 14.5 Å². The van der Waals surface area contributed by atoms with Gasteiger partial charge < -0.3 is 14.6 Å². The number of carboxylic acids is 1. The van der Waals surface area contributed by atoms with Crippen LogP contribution in [0.1, 0.15) is 23.6 Å². The molecule has 0 aliphatic carbocycles. The van der Waals surface area contributed by atoms with Crippen molar-refractivity contribution in [2.24, 2.45) is 0 Å². The molecule has 3 rings (SSSR count). The first-order valence-electron chi connectivity index (χ1n) is 10.5. The number of nitrogens with one attached hydrogen (secondary N) is 1. The number of urea groups is 1. The highest BCUT2D eigenvalue weighted by molar-refractivity contribution is 6.39. The van der Waals surface area contributed by atoms with E-state index in [2.05, 4.69) is 11.9 Å². The Morgan fingerprint density at radius 1 is 1.18 bits per heavy atom. The number of amides is 4. The number of barbiturate groups is 1. The molecule has 0 saturated carbocycles. The van der Waals surface area contributed by atoms with Gasteiger partial charge in [-0.15, -0.1) is 6.58 Å². The molecule has 2 aromatic carbocycles. The number of imide groups is 2. The highest BCUT2D eigenvalue weighted by Gasteiger charge is 2.37. The summed E-state index contributed by atoms with van der Waals surface area (Å²) in [6.45, 7) is 6.91. The number of benzene rings is 2. The third-order valence-electron chi connectivity index (χ3n) is 4.93. The Kier molecular flexibility index (Phi) is 7.47. The molecule has 1 aliphatic heterocycles. The van der Waals surface area contributed by atoms with E-state index in [1.807, 2.05) is 0 Å². The van der Waals surface area contributed by atoms with E-state index in [1.54, 1.807) is 50.3 Å². The Bertz CT molecular complexity index is 1200. The van der Waals surface area contributed by atoms with Crippen molar-refractivity contribution < 1.29 is 33.8 Å². The molecular weight excluding hydrogens is 440 g/mol. The summed E-state index contributed by atoms with van der Waals surface area (Å²) in [5.41, 5.74) is 1.80. The molecule has 0 radical (unpaired) electrons. The van der Waals surface area contributed by atoms with Crippen molar-refractivity contribution in [1.82, 2.24) is 5.32 Å². The van der Waals surface area contributed by atoms with Gasteiger partial charge in [-0.1, -0.05) is 24.3 Å². The Morgan fingerprint density at radius 2 is 1.91 bits per heavy atom. The lowest BCUT2D eigenvalue weighted by Crippen LogP contribution is -2.54. The van der Waals surface area contributed by atoms with Crippen LogP contribution in [0.3, 0.4) is 0 Å². The Hall–Kier alpha value is -4.40. The van der Waals surface area contributed by atoms with Crippen molar-refractivity contribution in [3.05, 3.63) is 71.3 Å². The van der Waals surface area contributed by atoms with E-state index in [-0.39, 0.29) is 23.7 Å². The van der Waals surface area contributed by atoms with Gasteiger partial charge >= 0.3 is 12.0 Å². The van der Waals surface area contributed by atoms with Crippen LogP contribution < -0.4 is 19.7 Å². The molecule has 0 aromatic heterocycles. The molecule has 1 saturated heterocycles. The van der Waals surface area contributed by atoms with Gasteiger partial charge in [0.05, 0.1) is 12.3 Å². The van der Waals surface area contributed by atoms with E-state index in [9.17, 15) is 19.2 Å². The first-order valence-corrected chi connectivity index (χ1v) is 10.5. The fourth-order valence-electron chi connectivity index (χ4n) is 3.49. The predicted molar refractivity (Wildman–Crippen MR) is 125 cm³/mol. The number of carbonyl (C=O) groups is 4. The Morgan fingerprint density at radius 3 is 2.56 bits per heavy atom. The van der Waals surface area contributed by atoms with Crippen molar-refractivity contribution in [1.29, 1.82) is 0 Å². The van der Waals surface area contributed by atoms with E-state index in [0.717, 1.165) is 4.90 Å². The van der Waals surface area contributed by atoms with Gasteiger partial charge in [0.2, 0.25) is 0 Å². The molecule has 4 amide bonds. The van der Waals surface area contributed by atoms with Crippen LogP contribution in [0.2, 0.25) is 0 Å². The molecule has 2 aromatic rings. The number of ether oxygens (including phenoxy) is 2. The van der Waals surface area contributed by atoms with Crippen molar-refractivity contribution in [3.63, 3.8) is 0 Å². The first kappa shape index (κ1) is 24.2. The van der Waals surface area contributed by atoms with Crippen LogP contribution in [0, 0.1) is 6.92 Å². The van der Waals surface area contributed by atoms with Crippen LogP contribution in [0.5, 0.6) is 11.5 Å². The first-order chi connectivity index (χ1) is 16.3. The minimum Gasteiger partial charge on any atom is -0.490 e. The minimum absolute atomic E-state index is 0.238. The number of hydrogen-bond acceptors (Lipinski definition) is 6. The van der Waals surface area contributed by atoms with Gasteiger partial charge in [-0.05, 0) is 55.7 Å². The zero-order valence-electron chi connectivity index (χ0n) is 18.8. The van der Waals surface area contributed by atoms with E-state index in [4.69, 9.17) is 14.6 Å². The molecule has 0 unspecified atom stereocenters. The highest BCUT2D eigenvalue weighted by atomic mass is 16.5. The number of aryl methyl sites for hydroxylation is 1. The molecular formula is C25H24N2O7. The smallest absolute Gasteiger partial charge is 0.341 e. The summed E-state index contributed by atoms with van der Waals surface area (Å²) in [6, 6.07) is 9.18. The molecule has 9 nitrogen and oxygen atoms in total. The van der Waals surface area contributed by atoms with Gasteiger partial charge in [0.1, 0.15) is 5.57 Å². The quantitative estimate of drug-likeness (QED) is 0.332. The summed E-state index contributed by atoms with van der Waals surface area (Å²) in [6.07, 6.45) is 3.28. The molecule has 1 fully saturated rings. The summed E-state index contributed by atoms with van der Waals surface area (Å²) < 4.78 is 11.1. The molecule has 1 aliphatic rings. The molecule has 2 N–H and O–H groups in total. The van der Waals surface area contributed by atoms with E-state index < -0.39 is 30.4 Å². The van der Waals surface area contributed by atoms with Crippen LogP contribution >= 0.6 is 0 Å². The molecule has 0 bridgehead atoms. The van der Waals surface area contributed by atoms with Gasteiger partial charge in [0, 0.05) is 5.56 Å². The predicted octanol–water partition coefficient (Wildman–Crippen LogP) is 3.25. The Balaban J connectivity index is 2.09. The maximum Gasteiger partial charge on any atom is 0.341 e. The average molecular weight is 464 g/mol. The van der Waals surface area contributed by atoms with Crippen molar-refractivity contribution in [2.45, 2.75) is 20.3 Å². The van der Waals surface area contributed by atoms with Gasteiger partial charge in [0.15, 0.2) is 18.1 Å². The van der Waals surface area contributed by atoms with Crippen LogP contribution in [0.15, 0.2) is 54.6 Å². The van der Waals surface area contributed by atoms with Gasteiger partial charge in [0.25, 0.3) is 11.8 Å². The Labute approximate surface area is 196 Å². The fraction of sp³-hybridized carbons (Fsp3) is 0.200. The number of aliphatic carboxylic acids is 1. The normalized spacial score (nSPS) is 14.7. The summed E-state index contributed by atoms with van der Waals surface area (Å²) in [7, 11) is 0. The molecule has 0 atom stereocenters. The highest BCUT2D eigenvalue weighted by Crippen LogP contribution is 2.35. The lowest BCUT2D eigenvalue weighted by atomic mass is 10.0. The lowest BCUT2D eigenvalue weighted by Gasteiger charge is -2.27. The van der Waals surface area contributed by atoms with Crippen LogP contribution in [-0.2, 0) is 20.8 Å². The van der Waals surface area contributed by atoms with Crippen LogP contribution in [-0.4, -0.2) is 42.1 Å². The van der Waals surface area contributed by atoms with E-state index in [0.29, 0.717) is 28.8 Å². The molecule has 9 heteroatoms. The molecule has 34 heavy (non-hydrogen) atoms. The number of carboxylic acid groups (broad SMARTS) is 1. The average Bonchev–Trinajstić information content (AvgIpc) is 2.77. The van der Waals surface area contributed by atoms with Crippen molar-refractivity contribution in [3.8, 4) is 11.5 Å². The monoisotopic (exact) mass is 464 g/mol. The molecule has 1 heterocycles. The number of allylic oxidation sites excluding steroid dienone is 1. The van der Waals surface area contributed by atoms with Crippen molar-refractivity contribution in [2.75, 3.05) is 18.1 Å². The van der Waals surface area contributed by atoms with Crippen molar-refractivity contribution >= 4 is 35.6 Å². The van der Waals surface area contributed by atoms with E-state index >= 15 is 0 Å². The summed E-state index contributed by atoms with van der Waals surface area (Å²) in [4.78, 5) is 50.2. The number of carbonyl (C=O) groups excluding carboxylic acids is 3. The number of para-hydroxylation sites is 1. The second-order valence-corrected chi connectivity index (χ2v) is 7.36. The maximum absolute atomic E-state index is 13.2. The van der Waals surface area contributed by atoms with E-state index in [1.165, 1.54) is 12.1 Å². The molecule has 176 valence electrons. The van der Waals surface area contributed by atoms with Gasteiger partial charge in [-0.3, -0.25) is 14.9 Å². The third-order valence-corrected chi connectivity index (χ3v) is 4.93. The zero-order valence-corrected chi connectivity index (χ0v) is 18.8. The maximum atomic E-state index is 13.2. The third kappa shape index (κ3) is 5.15. The fourth-order valence-corrected chi connectivity index (χ4v) is 3.49. The summed E-state index contributed by atoms with van der Waals surface area (Å²) >= 11 is 0. The number of anilines is 1. The summed E-state index contributed by atoms with van der Waals surface area (Å²) in [5, 5.41) is 11.2. The minimum atomic E-state index is -1.15. The SMILES string of the molecule is C=CCc1cc(/C=C2\C(=O)NC(=O)N(c3ccccc3C)C2=O)cc(OCC)c1OCC(=O)O. The number of nitrogens with zero attached hydrogens (tertiary/aromatic N) is 1. The largest absolute Gasteiger partial charge is 0.490 e. The number of hydrogen-bond donors (Lipinski definition) is 2. The second-order valence-electron chi connectivity index (χ2n) is 7.36. The standard InChI is InChI=1S/C25H24N2O7/c1-4-8-17-11-16(13-20(33-5-2)22(17)34-14-21(28)29)12-18-23(30)26-25(32)27(24(18)31)19-10-7-6-9-15(19)3/h4,6-7,9-13H,1,5,8,14H2,2-3H3,(H,28,29)(H,26,30,32)/b18-12+. The summed E-state index contributed by atoms with van der Waals surface area (Å²) in [5.74, 6) is -2.25. The van der Waals surface area contributed by atoms with Crippen LogP contribution in [0.4, 0.5) is 10.5 Å². The van der Waals surface area contributed by atoms with Gasteiger partial charge in [-0.2, -0.15) is 0 Å². The topological polar surface area (TPSA) is 122 Å². The lowest BCUT2D eigenvalue weighted by molar-refractivity contribution is -0.139. The zero-order chi connectivity index (χ0) is 24.8. The van der Waals surface area contributed by atoms with Crippen LogP contribution in [0.25, 0.3) is 6.08 Å².